The Bertz CT molecular complexity index is 1060. The van der Waals surface area contributed by atoms with E-state index in [1.807, 2.05) is 0 Å². The monoisotopic (exact) mass is 386 g/mol. The molecule has 0 amide bonds. The highest BCUT2D eigenvalue weighted by atomic mass is 15.1. The van der Waals surface area contributed by atoms with Crippen molar-refractivity contribution in [1.29, 1.82) is 0 Å². The van der Waals surface area contributed by atoms with Gasteiger partial charge in [0.1, 0.15) is 0 Å². The van der Waals surface area contributed by atoms with Gasteiger partial charge in [-0.1, -0.05) is 53.7 Å². The Hall–Kier alpha value is -2.48. The lowest BCUT2D eigenvalue weighted by atomic mass is 9.82. The molecule has 4 rings (SSSR count). The van der Waals surface area contributed by atoms with Crippen LogP contribution in [0.2, 0.25) is 0 Å². The number of nitrogens with zero attached hydrogens (tertiary/aromatic N) is 2. The van der Waals surface area contributed by atoms with Crippen molar-refractivity contribution in [2.24, 2.45) is 0 Å². The van der Waals surface area contributed by atoms with Crippen LogP contribution in [-0.2, 0) is 17.5 Å². The van der Waals surface area contributed by atoms with Crippen LogP contribution in [-0.4, -0.2) is 9.13 Å². The first-order valence-electron chi connectivity index (χ1n) is 10.9. The fourth-order valence-electron chi connectivity index (χ4n) is 4.06. The van der Waals surface area contributed by atoms with E-state index in [1.54, 1.807) is 0 Å². The predicted molar refractivity (Wildman–Crippen MR) is 126 cm³/mol. The summed E-state index contributed by atoms with van der Waals surface area (Å²) in [7, 11) is 0. The highest BCUT2D eigenvalue weighted by Gasteiger charge is 2.20. The van der Waals surface area contributed by atoms with Crippen LogP contribution >= 0.6 is 0 Å². The fourth-order valence-corrected chi connectivity index (χ4v) is 4.06. The molecule has 0 bridgehead atoms. The summed E-state index contributed by atoms with van der Waals surface area (Å²) in [5.74, 6) is 0. The summed E-state index contributed by atoms with van der Waals surface area (Å²) in [6, 6.07) is 18.4. The summed E-state index contributed by atoms with van der Waals surface area (Å²) >= 11 is 0. The van der Waals surface area contributed by atoms with Gasteiger partial charge >= 0.3 is 0 Å². The Morgan fingerprint density at radius 1 is 0.621 bits per heavy atom. The molecule has 0 aliphatic heterocycles. The van der Waals surface area contributed by atoms with Crippen LogP contribution in [0.25, 0.3) is 21.8 Å². The minimum absolute atomic E-state index is 0.219. The van der Waals surface area contributed by atoms with Crippen molar-refractivity contribution in [2.75, 3.05) is 0 Å². The standard InChI is InChI=1S/C27H34N2/c1-7-26(3,4)22-9-11-24-20(17-22)13-15-28(24)19-29-16-14-21-18-23(10-12-25(21)29)27(5,6)8-2/h9-18H,7-8,19H2,1-6H3. The van der Waals surface area contributed by atoms with Gasteiger partial charge in [-0.3, -0.25) is 0 Å². The Labute approximate surface area is 175 Å². The van der Waals surface area contributed by atoms with E-state index in [4.69, 9.17) is 0 Å². The second kappa shape index (κ2) is 7.09. The van der Waals surface area contributed by atoms with E-state index >= 15 is 0 Å². The normalized spacial score (nSPS) is 12.9. The molecule has 29 heavy (non-hydrogen) atoms. The first-order chi connectivity index (χ1) is 13.7. The van der Waals surface area contributed by atoms with E-state index < -0.39 is 0 Å². The van der Waals surface area contributed by atoms with Crippen LogP contribution in [0, 0.1) is 0 Å². The molecule has 0 saturated heterocycles. The van der Waals surface area contributed by atoms with Gasteiger partial charge in [0.2, 0.25) is 0 Å². The second-order valence-corrected chi connectivity index (χ2v) is 9.73. The minimum Gasteiger partial charge on any atom is -0.329 e. The zero-order valence-corrected chi connectivity index (χ0v) is 18.8. The van der Waals surface area contributed by atoms with Crippen LogP contribution < -0.4 is 0 Å². The Balaban J connectivity index is 1.67. The molecule has 2 heterocycles. The fraction of sp³-hybridized carbons (Fsp3) is 0.407. The topological polar surface area (TPSA) is 9.86 Å². The summed E-state index contributed by atoms with van der Waals surface area (Å²) < 4.78 is 4.70. The molecule has 2 nitrogen and oxygen atoms in total. The maximum atomic E-state index is 2.36. The molecule has 0 spiro atoms. The SMILES string of the molecule is CCC(C)(C)c1ccc2c(ccn2Cn2ccc3cc(C(C)(C)CC)ccc32)c1. The minimum atomic E-state index is 0.219. The van der Waals surface area contributed by atoms with Crippen molar-refractivity contribution in [3.63, 3.8) is 0 Å². The van der Waals surface area contributed by atoms with Crippen molar-refractivity contribution in [2.45, 2.75) is 71.9 Å². The number of hydrogen-bond acceptors (Lipinski definition) is 0. The molecule has 0 atom stereocenters. The number of fused-ring (bicyclic) bond motifs is 2. The third-order valence-corrected chi connectivity index (χ3v) is 7.18. The molecule has 0 unspecified atom stereocenters. The average molecular weight is 387 g/mol. The predicted octanol–water partition coefficient (Wildman–Crippen LogP) is 7.48. The molecule has 0 N–H and O–H groups in total. The van der Waals surface area contributed by atoms with E-state index in [0.717, 1.165) is 19.5 Å². The van der Waals surface area contributed by atoms with Gasteiger partial charge in [-0.05, 0) is 82.0 Å². The third-order valence-electron chi connectivity index (χ3n) is 7.18. The van der Waals surface area contributed by atoms with E-state index in [-0.39, 0.29) is 10.8 Å². The van der Waals surface area contributed by atoms with E-state index in [9.17, 15) is 0 Å². The lowest BCUT2D eigenvalue weighted by molar-refractivity contribution is 0.507. The Kier molecular flexibility index (Phi) is 4.85. The Morgan fingerprint density at radius 3 is 1.41 bits per heavy atom. The molecule has 4 aromatic rings. The van der Waals surface area contributed by atoms with E-state index in [2.05, 4.69) is 112 Å². The molecule has 2 aromatic heterocycles. The molecule has 2 heteroatoms. The number of rotatable bonds is 6. The van der Waals surface area contributed by atoms with Gasteiger partial charge in [-0.2, -0.15) is 0 Å². The maximum Gasteiger partial charge on any atom is 0.0988 e. The molecular formula is C27H34N2. The van der Waals surface area contributed by atoms with Crippen molar-refractivity contribution in [1.82, 2.24) is 9.13 Å². The zero-order chi connectivity index (χ0) is 20.8. The average Bonchev–Trinajstić information content (AvgIpc) is 3.31. The number of hydrogen-bond donors (Lipinski definition) is 0. The van der Waals surface area contributed by atoms with Crippen LogP contribution in [0.4, 0.5) is 0 Å². The van der Waals surface area contributed by atoms with Gasteiger partial charge in [0, 0.05) is 23.4 Å². The third kappa shape index (κ3) is 3.50. The molecule has 0 aliphatic rings. The van der Waals surface area contributed by atoms with Gasteiger partial charge < -0.3 is 9.13 Å². The summed E-state index contributed by atoms with van der Waals surface area (Å²) in [5.41, 5.74) is 5.87. The molecule has 2 aromatic carbocycles. The van der Waals surface area contributed by atoms with Crippen LogP contribution in [0.3, 0.4) is 0 Å². The number of benzene rings is 2. The zero-order valence-electron chi connectivity index (χ0n) is 18.8. The first-order valence-corrected chi connectivity index (χ1v) is 10.9. The van der Waals surface area contributed by atoms with Crippen molar-refractivity contribution < 1.29 is 0 Å². The molecule has 0 saturated carbocycles. The second-order valence-electron chi connectivity index (χ2n) is 9.73. The summed E-state index contributed by atoms with van der Waals surface area (Å²) in [6.45, 7) is 14.7. The van der Waals surface area contributed by atoms with Gasteiger partial charge in [-0.15, -0.1) is 0 Å². The van der Waals surface area contributed by atoms with Gasteiger partial charge in [0.25, 0.3) is 0 Å². The number of aromatic nitrogens is 2. The van der Waals surface area contributed by atoms with Gasteiger partial charge in [0.15, 0.2) is 0 Å². The molecule has 152 valence electrons. The van der Waals surface area contributed by atoms with Crippen molar-refractivity contribution in [3.8, 4) is 0 Å². The highest BCUT2D eigenvalue weighted by molar-refractivity contribution is 5.82. The molecule has 0 radical (unpaired) electrons. The van der Waals surface area contributed by atoms with Crippen LogP contribution in [0.1, 0.15) is 65.5 Å². The first kappa shape index (κ1) is 19.8. The van der Waals surface area contributed by atoms with Gasteiger partial charge in [0.05, 0.1) is 6.67 Å². The summed E-state index contributed by atoms with van der Waals surface area (Å²) in [5, 5.41) is 2.65. The van der Waals surface area contributed by atoms with E-state index in [0.29, 0.717) is 0 Å². The molecule has 0 fully saturated rings. The van der Waals surface area contributed by atoms with Gasteiger partial charge in [-0.25, -0.2) is 0 Å². The molecular weight excluding hydrogens is 352 g/mol. The summed E-state index contributed by atoms with van der Waals surface area (Å²) in [4.78, 5) is 0. The smallest absolute Gasteiger partial charge is 0.0988 e. The molecule has 0 aliphatic carbocycles. The van der Waals surface area contributed by atoms with Crippen molar-refractivity contribution in [3.05, 3.63) is 72.1 Å². The summed E-state index contributed by atoms with van der Waals surface area (Å²) in [6.07, 6.45) is 6.72. The maximum absolute atomic E-state index is 2.36. The van der Waals surface area contributed by atoms with Crippen LogP contribution in [0.5, 0.6) is 0 Å². The lowest BCUT2D eigenvalue weighted by Gasteiger charge is -2.23. The quantitative estimate of drug-likeness (QED) is 0.325. The largest absolute Gasteiger partial charge is 0.329 e. The van der Waals surface area contributed by atoms with Crippen molar-refractivity contribution >= 4 is 21.8 Å². The van der Waals surface area contributed by atoms with E-state index in [1.165, 1.54) is 32.9 Å². The Morgan fingerprint density at radius 2 is 1.03 bits per heavy atom. The highest BCUT2D eigenvalue weighted by Crippen LogP contribution is 2.31. The lowest BCUT2D eigenvalue weighted by Crippen LogP contribution is -2.15. The van der Waals surface area contributed by atoms with Crippen LogP contribution in [0.15, 0.2) is 60.9 Å².